The number of carbonyl (C=O) groups is 2. The van der Waals surface area contributed by atoms with E-state index < -0.39 is 11.9 Å². The van der Waals surface area contributed by atoms with Crippen molar-refractivity contribution in [2.75, 3.05) is 7.05 Å². The lowest BCUT2D eigenvalue weighted by molar-refractivity contribution is -0.345. The Hall–Kier alpha value is -2.08. The van der Waals surface area contributed by atoms with E-state index in [4.69, 9.17) is 43.0 Å². The maximum absolute atomic E-state index is 8.93. The molecule has 0 bridgehead atoms. The molecule has 0 saturated carbocycles. The predicted octanol–water partition coefficient (Wildman–Crippen LogP) is 1.67. The highest BCUT2D eigenvalue weighted by Gasteiger charge is 2.27. The van der Waals surface area contributed by atoms with E-state index >= 15 is 0 Å². The molecule has 0 unspecified atom stereocenters. The molecule has 1 aliphatic rings. The fourth-order valence-electron chi connectivity index (χ4n) is 3.17. The van der Waals surface area contributed by atoms with Crippen LogP contribution in [0.5, 0.6) is 0 Å². The zero-order chi connectivity index (χ0) is 19.3. The molecule has 0 aromatic heterocycles. The number of nitrogens with one attached hydrogen (secondary N) is 1. The number of rotatable bonds is 2. The Balaban J connectivity index is 0.000000352. The van der Waals surface area contributed by atoms with Gasteiger partial charge in [-0.1, -0.05) is 53.5 Å². The van der Waals surface area contributed by atoms with Crippen LogP contribution < -0.4 is 15.5 Å². The summed E-state index contributed by atoms with van der Waals surface area (Å²) >= 11 is 12.2. The first-order chi connectivity index (χ1) is 12.3. The molecule has 2 aromatic carbocycles. The predicted molar refractivity (Wildman–Crippen MR) is 95.8 cm³/mol. The molecule has 3 rings (SSSR count). The average Bonchev–Trinajstić information content (AvgIpc) is 2.63. The van der Waals surface area contributed by atoms with Gasteiger partial charge in [0.2, 0.25) is 0 Å². The van der Waals surface area contributed by atoms with E-state index in [1.54, 1.807) is 0 Å². The van der Waals surface area contributed by atoms with Crippen molar-refractivity contribution in [1.29, 1.82) is 0 Å². The topological polar surface area (TPSA) is 92.3 Å². The van der Waals surface area contributed by atoms with Crippen LogP contribution >= 0.6 is 23.2 Å². The van der Waals surface area contributed by atoms with Crippen molar-refractivity contribution in [3.05, 3.63) is 69.2 Å². The molecule has 1 N–H and O–H groups in total. The van der Waals surface area contributed by atoms with Gasteiger partial charge in [-0.15, -0.1) is 0 Å². The Bertz CT molecular complexity index is 798. The van der Waals surface area contributed by atoms with E-state index in [0.29, 0.717) is 22.0 Å². The highest BCUT2D eigenvalue weighted by molar-refractivity contribution is 6.42. The molecule has 0 heterocycles. The van der Waals surface area contributed by atoms with E-state index in [9.17, 15) is 0 Å². The van der Waals surface area contributed by atoms with Crippen molar-refractivity contribution in [3.63, 3.8) is 0 Å². The second-order valence-electron chi connectivity index (χ2n) is 5.85. The summed E-state index contributed by atoms with van der Waals surface area (Å²) in [6, 6.07) is 15.1. The Morgan fingerprint density at radius 2 is 1.58 bits per heavy atom. The second kappa shape index (κ2) is 9.03. The molecule has 7 heteroatoms. The van der Waals surface area contributed by atoms with Gasteiger partial charge in [0.1, 0.15) is 0 Å². The Morgan fingerprint density at radius 3 is 2.12 bits per heavy atom. The minimum Gasteiger partial charge on any atom is -0.543 e. The highest BCUT2D eigenvalue weighted by atomic mass is 35.5. The number of hydrogen-bond acceptors (Lipinski definition) is 5. The summed E-state index contributed by atoms with van der Waals surface area (Å²) < 4.78 is 0. The van der Waals surface area contributed by atoms with E-state index in [0.717, 1.165) is 12.8 Å². The average molecular weight is 394 g/mol. The molecular weight excluding hydrogens is 377 g/mol. The molecule has 0 radical (unpaired) electrons. The van der Waals surface area contributed by atoms with E-state index in [1.807, 2.05) is 19.2 Å². The Kier molecular flexibility index (Phi) is 7.03. The zero-order valence-electron chi connectivity index (χ0n) is 14.0. The first-order valence-corrected chi connectivity index (χ1v) is 8.74. The minimum absolute atomic E-state index is 0.408. The van der Waals surface area contributed by atoms with Crippen LogP contribution in [0.4, 0.5) is 0 Å². The number of fused-ring (bicyclic) bond motifs is 1. The molecule has 2 aromatic rings. The molecule has 0 spiro atoms. The monoisotopic (exact) mass is 393 g/mol. The molecular formula is C19H17Cl2NO4-2. The van der Waals surface area contributed by atoms with Crippen molar-refractivity contribution < 1.29 is 19.8 Å². The third kappa shape index (κ3) is 4.75. The van der Waals surface area contributed by atoms with Crippen LogP contribution in [-0.2, 0) is 9.59 Å². The first-order valence-electron chi connectivity index (χ1n) is 7.98. The largest absolute Gasteiger partial charge is 0.543 e. The van der Waals surface area contributed by atoms with Crippen LogP contribution in [0.3, 0.4) is 0 Å². The fraction of sp³-hybridized carbons (Fsp3) is 0.263. The summed E-state index contributed by atoms with van der Waals surface area (Å²) in [5.41, 5.74) is 4.05. The van der Waals surface area contributed by atoms with Crippen molar-refractivity contribution in [2.45, 2.75) is 24.8 Å². The summed E-state index contributed by atoms with van der Waals surface area (Å²) in [7, 11) is 2.03. The number of carboxylic acid groups (broad SMARTS) is 2. The van der Waals surface area contributed by atoms with Crippen molar-refractivity contribution in [3.8, 4) is 0 Å². The van der Waals surface area contributed by atoms with Gasteiger partial charge in [0.05, 0.1) is 22.0 Å². The van der Waals surface area contributed by atoms with Crippen LogP contribution in [0.2, 0.25) is 10.0 Å². The van der Waals surface area contributed by atoms with Crippen molar-refractivity contribution in [1.82, 2.24) is 5.32 Å². The maximum Gasteiger partial charge on any atom is 0.0870 e. The standard InChI is InChI=1S/C17H17Cl2N.C2H2O4/c1-20-17-9-7-12(13-4-2-3-5-14(13)17)11-6-8-15(18)16(19)10-11;3-1(4)2(5)6/h2-6,8,10,12,17,20H,7,9H2,1H3;(H,3,4)(H,5,6)/p-2/t12-,17-;/m0./s1. The van der Waals surface area contributed by atoms with Crippen LogP contribution in [0, 0.1) is 0 Å². The Labute approximate surface area is 161 Å². The number of aliphatic carboxylic acids is 2. The smallest absolute Gasteiger partial charge is 0.0870 e. The van der Waals surface area contributed by atoms with E-state index in [2.05, 4.69) is 35.6 Å². The first kappa shape index (κ1) is 20.2. The van der Waals surface area contributed by atoms with E-state index in [1.165, 1.54) is 16.7 Å². The van der Waals surface area contributed by atoms with Gasteiger partial charge >= 0.3 is 0 Å². The van der Waals surface area contributed by atoms with Gasteiger partial charge in [0.15, 0.2) is 0 Å². The molecule has 26 heavy (non-hydrogen) atoms. The quantitative estimate of drug-likeness (QED) is 0.783. The number of halogens is 2. The second-order valence-corrected chi connectivity index (χ2v) is 6.66. The number of benzene rings is 2. The van der Waals surface area contributed by atoms with Gasteiger partial charge in [0.25, 0.3) is 0 Å². The highest BCUT2D eigenvalue weighted by Crippen LogP contribution is 2.42. The van der Waals surface area contributed by atoms with Gasteiger partial charge in [0, 0.05) is 12.0 Å². The van der Waals surface area contributed by atoms with Gasteiger partial charge in [-0.2, -0.15) is 0 Å². The van der Waals surface area contributed by atoms with Crippen LogP contribution in [0.25, 0.3) is 0 Å². The van der Waals surface area contributed by atoms with Crippen LogP contribution in [0.1, 0.15) is 41.5 Å². The van der Waals surface area contributed by atoms with Gasteiger partial charge in [-0.3, -0.25) is 0 Å². The normalized spacial score (nSPS) is 18.3. The Morgan fingerprint density at radius 1 is 0.962 bits per heavy atom. The van der Waals surface area contributed by atoms with Gasteiger partial charge < -0.3 is 25.1 Å². The maximum atomic E-state index is 8.93. The summed E-state index contributed by atoms with van der Waals surface area (Å²) in [5.74, 6) is -3.96. The lowest BCUT2D eigenvalue weighted by Gasteiger charge is -2.32. The summed E-state index contributed by atoms with van der Waals surface area (Å²) in [4.78, 5) is 17.9. The fourth-order valence-corrected chi connectivity index (χ4v) is 3.47. The molecule has 2 atom stereocenters. The number of carboxylic acids is 2. The molecule has 138 valence electrons. The van der Waals surface area contributed by atoms with Crippen LogP contribution in [0.15, 0.2) is 42.5 Å². The molecule has 0 amide bonds. The summed E-state index contributed by atoms with van der Waals surface area (Å²) in [6.45, 7) is 0. The van der Waals surface area contributed by atoms with Crippen molar-refractivity contribution >= 4 is 35.1 Å². The number of hydrogen-bond donors (Lipinski definition) is 1. The van der Waals surface area contributed by atoms with Gasteiger partial charge in [-0.25, -0.2) is 0 Å². The summed E-state index contributed by atoms with van der Waals surface area (Å²) in [5, 5.41) is 22.5. The minimum atomic E-state index is -2.19. The third-order valence-corrected chi connectivity index (χ3v) is 5.09. The van der Waals surface area contributed by atoms with Gasteiger partial charge in [-0.05, 0) is 48.7 Å². The molecule has 1 aliphatic carbocycles. The number of carbonyl (C=O) groups excluding carboxylic acids is 2. The van der Waals surface area contributed by atoms with E-state index in [-0.39, 0.29) is 0 Å². The lowest BCUT2D eigenvalue weighted by Crippen LogP contribution is -2.42. The SMILES string of the molecule is CN[C@H]1CC[C@@H](c2ccc(Cl)c(Cl)c2)c2ccccc21.O=C([O-])C(=O)[O-]. The zero-order valence-corrected chi connectivity index (χ0v) is 15.5. The van der Waals surface area contributed by atoms with Crippen LogP contribution in [-0.4, -0.2) is 19.0 Å². The van der Waals surface area contributed by atoms with Crippen molar-refractivity contribution in [2.24, 2.45) is 0 Å². The molecule has 0 saturated heterocycles. The molecule has 5 nitrogen and oxygen atoms in total. The lowest BCUT2D eigenvalue weighted by atomic mass is 9.77. The third-order valence-electron chi connectivity index (χ3n) is 4.35. The molecule has 0 fully saturated rings. The summed E-state index contributed by atoms with van der Waals surface area (Å²) in [6.07, 6.45) is 2.26. The molecule has 0 aliphatic heterocycles.